The first-order valence-corrected chi connectivity index (χ1v) is 8.85. The Morgan fingerprint density at radius 1 is 0.895 bits per heavy atom. The maximum absolute atomic E-state index is 12.4. The van der Waals surface area contributed by atoms with Crippen molar-refractivity contribution < 1.29 is 4.39 Å². The van der Waals surface area contributed by atoms with Crippen molar-refractivity contribution in [3.05, 3.63) is 0 Å². The molecule has 0 radical (unpaired) electrons. The maximum atomic E-state index is 12.4. The average molecular weight is 268 g/mol. The van der Waals surface area contributed by atoms with Gasteiger partial charge in [0, 0.05) is 0 Å². The van der Waals surface area contributed by atoms with Crippen LogP contribution >= 0.6 is 0 Å². The summed E-state index contributed by atoms with van der Waals surface area (Å²) in [6.45, 7) is 1.91. The summed E-state index contributed by atoms with van der Waals surface area (Å²) in [5.74, 6) is 3.38. The third-order valence-electron chi connectivity index (χ3n) is 5.78. The normalized spacial score (nSPS) is 31.3. The van der Waals surface area contributed by atoms with Crippen molar-refractivity contribution in [1.29, 1.82) is 0 Å². The Morgan fingerprint density at radius 2 is 1.53 bits per heavy atom. The fraction of sp³-hybridized carbons (Fsp3) is 1.00. The van der Waals surface area contributed by atoms with E-state index >= 15 is 0 Å². The first-order chi connectivity index (χ1) is 9.29. The molecule has 0 nitrogen and oxygen atoms in total. The summed E-state index contributed by atoms with van der Waals surface area (Å²) in [4.78, 5) is 0. The Bertz CT molecular complexity index is 224. The molecule has 2 fully saturated rings. The molecule has 2 aliphatic carbocycles. The maximum Gasteiger partial charge on any atom is 0.0919 e. The highest BCUT2D eigenvalue weighted by molar-refractivity contribution is 4.80. The average Bonchev–Trinajstić information content (AvgIpc) is 2.48. The van der Waals surface area contributed by atoms with Crippen LogP contribution in [0.3, 0.4) is 0 Å². The minimum Gasteiger partial charge on any atom is -0.251 e. The fourth-order valence-corrected chi connectivity index (χ4v) is 4.39. The van der Waals surface area contributed by atoms with Crippen LogP contribution < -0.4 is 0 Å². The third-order valence-corrected chi connectivity index (χ3v) is 5.78. The molecule has 0 aromatic rings. The van der Waals surface area contributed by atoms with Crippen LogP contribution in [0.2, 0.25) is 0 Å². The Balaban J connectivity index is 1.59. The molecule has 0 bridgehead atoms. The van der Waals surface area contributed by atoms with Crippen LogP contribution in [0.4, 0.5) is 4.39 Å². The van der Waals surface area contributed by atoms with Gasteiger partial charge in [0.25, 0.3) is 0 Å². The molecule has 1 heteroatoms. The molecule has 19 heavy (non-hydrogen) atoms. The number of hydrogen-bond donors (Lipinski definition) is 0. The zero-order chi connectivity index (χ0) is 13.5. The molecule has 2 aliphatic rings. The van der Waals surface area contributed by atoms with Gasteiger partial charge in [-0.1, -0.05) is 64.7 Å². The van der Waals surface area contributed by atoms with Gasteiger partial charge < -0.3 is 0 Å². The largest absolute Gasteiger partial charge is 0.251 e. The molecular formula is C18H33F. The molecule has 1 atom stereocenters. The van der Waals surface area contributed by atoms with Gasteiger partial charge >= 0.3 is 0 Å². The standard InChI is InChI=1S/C18H33F/c1-15(14-19)6-5-7-16-10-12-18(13-11-16)17-8-3-2-4-9-17/h15-18H,2-14H2,1H3/t15?,16-,18-. The van der Waals surface area contributed by atoms with Gasteiger partial charge in [-0.05, 0) is 42.9 Å². The lowest BCUT2D eigenvalue weighted by molar-refractivity contribution is 0.161. The lowest BCUT2D eigenvalue weighted by Gasteiger charge is -2.36. The van der Waals surface area contributed by atoms with Gasteiger partial charge in [0.2, 0.25) is 0 Å². The van der Waals surface area contributed by atoms with E-state index < -0.39 is 0 Å². The molecule has 1 unspecified atom stereocenters. The summed E-state index contributed by atoms with van der Waals surface area (Å²) < 4.78 is 12.4. The van der Waals surface area contributed by atoms with Crippen molar-refractivity contribution in [2.24, 2.45) is 23.7 Å². The Hall–Kier alpha value is -0.0700. The van der Waals surface area contributed by atoms with Crippen LogP contribution in [0, 0.1) is 23.7 Å². The van der Waals surface area contributed by atoms with Crippen LogP contribution in [0.1, 0.15) is 84.0 Å². The zero-order valence-electron chi connectivity index (χ0n) is 12.9. The van der Waals surface area contributed by atoms with E-state index in [1.807, 2.05) is 6.92 Å². The molecule has 0 aliphatic heterocycles. The van der Waals surface area contributed by atoms with E-state index in [1.54, 1.807) is 0 Å². The predicted octanol–water partition coefficient (Wildman–Crippen LogP) is 6.15. The quantitative estimate of drug-likeness (QED) is 0.542. The van der Waals surface area contributed by atoms with E-state index in [0.29, 0.717) is 5.92 Å². The molecule has 2 rings (SSSR count). The lowest BCUT2D eigenvalue weighted by atomic mass is 9.70. The Kier molecular flexibility index (Phi) is 6.67. The summed E-state index contributed by atoms with van der Waals surface area (Å²) in [6, 6.07) is 0. The van der Waals surface area contributed by atoms with E-state index in [0.717, 1.165) is 24.2 Å². The lowest BCUT2D eigenvalue weighted by Crippen LogP contribution is -2.23. The monoisotopic (exact) mass is 268 g/mol. The van der Waals surface area contributed by atoms with E-state index in [-0.39, 0.29) is 6.67 Å². The van der Waals surface area contributed by atoms with E-state index in [1.165, 1.54) is 70.6 Å². The third kappa shape index (κ3) is 5.08. The molecule has 0 saturated heterocycles. The fourth-order valence-electron chi connectivity index (χ4n) is 4.39. The number of alkyl halides is 1. The molecule has 0 aromatic heterocycles. The van der Waals surface area contributed by atoms with E-state index in [9.17, 15) is 4.39 Å². The molecule has 0 spiro atoms. The second-order valence-electron chi connectivity index (χ2n) is 7.37. The molecular weight excluding hydrogens is 235 g/mol. The topological polar surface area (TPSA) is 0 Å². The van der Waals surface area contributed by atoms with Crippen molar-refractivity contribution in [3.63, 3.8) is 0 Å². The van der Waals surface area contributed by atoms with Crippen LogP contribution in [-0.2, 0) is 0 Å². The first kappa shape index (κ1) is 15.3. The summed E-state index contributed by atoms with van der Waals surface area (Å²) >= 11 is 0. The Morgan fingerprint density at radius 3 is 2.16 bits per heavy atom. The van der Waals surface area contributed by atoms with Crippen molar-refractivity contribution >= 4 is 0 Å². The number of rotatable bonds is 6. The number of hydrogen-bond acceptors (Lipinski definition) is 0. The van der Waals surface area contributed by atoms with Gasteiger partial charge in [0.1, 0.15) is 0 Å². The molecule has 0 N–H and O–H groups in total. The summed E-state index contributed by atoms with van der Waals surface area (Å²) in [5, 5.41) is 0. The molecule has 2 saturated carbocycles. The minimum absolute atomic E-state index is 0.131. The molecule has 0 amide bonds. The van der Waals surface area contributed by atoms with Gasteiger partial charge in [-0.3, -0.25) is 4.39 Å². The highest BCUT2D eigenvalue weighted by Crippen LogP contribution is 2.41. The molecule has 0 aromatic carbocycles. The van der Waals surface area contributed by atoms with Gasteiger partial charge in [0.05, 0.1) is 6.67 Å². The van der Waals surface area contributed by atoms with Crippen molar-refractivity contribution in [2.75, 3.05) is 6.67 Å². The van der Waals surface area contributed by atoms with Crippen LogP contribution in [0.25, 0.3) is 0 Å². The zero-order valence-corrected chi connectivity index (χ0v) is 12.9. The van der Waals surface area contributed by atoms with E-state index in [4.69, 9.17) is 0 Å². The molecule has 112 valence electrons. The van der Waals surface area contributed by atoms with Crippen LogP contribution in [0.15, 0.2) is 0 Å². The number of halogens is 1. The van der Waals surface area contributed by atoms with Gasteiger partial charge in [-0.15, -0.1) is 0 Å². The minimum atomic E-state index is -0.131. The first-order valence-electron chi connectivity index (χ1n) is 8.85. The van der Waals surface area contributed by atoms with Gasteiger partial charge in [-0.2, -0.15) is 0 Å². The smallest absolute Gasteiger partial charge is 0.0919 e. The summed E-state index contributed by atoms with van der Waals surface area (Å²) in [5.41, 5.74) is 0. The van der Waals surface area contributed by atoms with Crippen molar-refractivity contribution in [2.45, 2.75) is 84.0 Å². The van der Waals surface area contributed by atoms with Crippen molar-refractivity contribution in [3.8, 4) is 0 Å². The predicted molar refractivity (Wildman–Crippen MR) is 81.0 cm³/mol. The van der Waals surface area contributed by atoms with Crippen LogP contribution in [0.5, 0.6) is 0 Å². The van der Waals surface area contributed by atoms with Gasteiger partial charge in [-0.25, -0.2) is 0 Å². The highest BCUT2D eigenvalue weighted by atomic mass is 19.1. The summed E-state index contributed by atoms with van der Waals surface area (Å²) in [7, 11) is 0. The highest BCUT2D eigenvalue weighted by Gasteiger charge is 2.28. The second-order valence-corrected chi connectivity index (χ2v) is 7.37. The van der Waals surface area contributed by atoms with Gasteiger partial charge in [0.15, 0.2) is 0 Å². The summed E-state index contributed by atoms with van der Waals surface area (Å²) in [6.07, 6.45) is 17.1. The second kappa shape index (κ2) is 8.27. The van der Waals surface area contributed by atoms with Crippen LogP contribution in [-0.4, -0.2) is 6.67 Å². The SMILES string of the molecule is CC(CF)CCC[C@H]1CC[C@H](C2CCCCC2)CC1. The van der Waals surface area contributed by atoms with Crippen molar-refractivity contribution in [1.82, 2.24) is 0 Å². The molecule has 0 heterocycles. The Labute approximate surface area is 119 Å². The van der Waals surface area contributed by atoms with E-state index in [2.05, 4.69) is 0 Å².